The van der Waals surface area contributed by atoms with E-state index < -0.39 is 11.2 Å². The Morgan fingerprint density at radius 1 is 1.06 bits per heavy atom. The Bertz CT molecular complexity index is 1450. The number of fused-ring (bicyclic) bond motifs is 1. The summed E-state index contributed by atoms with van der Waals surface area (Å²) in [5, 5.41) is 2.86. The van der Waals surface area contributed by atoms with E-state index >= 15 is 0 Å². The maximum Gasteiger partial charge on any atom is 0.337 e. The van der Waals surface area contributed by atoms with Crippen LogP contribution in [-0.2, 0) is 11.3 Å². The summed E-state index contributed by atoms with van der Waals surface area (Å²) in [5.41, 5.74) is 3.37. The molecule has 0 spiro atoms. The van der Waals surface area contributed by atoms with Gasteiger partial charge in [0.1, 0.15) is 11.2 Å². The van der Waals surface area contributed by atoms with Crippen molar-refractivity contribution < 1.29 is 4.79 Å². The third-order valence-electron chi connectivity index (χ3n) is 5.09. The highest BCUT2D eigenvalue weighted by Crippen LogP contribution is 2.25. The van der Waals surface area contributed by atoms with Crippen LogP contribution >= 0.6 is 23.1 Å². The maximum absolute atomic E-state index is 13.4. The minimum absolute atomic E-state index is 0.230. The predicted molar refractivity (Wildman–Crippen MR) is 131 cm³/mol. The number of rotatable bonds is 5. The summed E-state index contributed by atoms with van der Waals surface area (Å²) >= 11 is 2.61. The van der Waals surface area contributed by atoms with Crippen LogP contribution in [0.3, 0.4) is 0 Å². The van der Waals surface area contributed by atoms with Crippen LogP contribution in [0, 0.1) is 20.8 Å². The molecule has 2 aromatic heterocycles. The van der Waals surface area contributed by atoms with Gasteiger partial charge in [-0.3, -0.25) is 14.2 Å². The molecule has 0 aliphatic rings. The Morgan fingerprint density at radius 3 is 2.41 bits per heavy atom. The van der Waals surface area contributed by atoms with Gasteiger partial charge in [0.15, 0.2) is 9.99 Å². The van der Waals surface area contributed by atoms with E-state index in [0.29, 0.717) is 20.4 Å². The highest BCUT2D eigenvalue weighted by atomic mass is 32.2. The third-order valence-corrected chi connectivity index (χ3v) is 7.11. The van der Waals surface area contributed by atoms with Crippen molar-refractivity contribution in [3.63, 3.8) is 0 Å². The Hall–Kier alpha value is -3.17. The largest absolute Gasteiger partial charge is 0.337 e. The molecule has 0 atom stereocenters. The molecule has 0 aliphatic heterocycles. The van der Waals surface area contributed by atoms with Gasteiger partial charge in [-0.15, -0.1) is 11.3 Å². The molecule has 0 fully saturated rings. The van der Waals surface area contributed by atoms with E-state index in [1.807, 2.05) is 57.4 Å². The molecule has 2 heterocycles. The molecule has 0 radical (unpaired) electrons. The van der Waals surface area contributed by atoms with Crippen molar-refractivity contribution in [1.29, 1.82) is 0 Å². The number of benzene rings is 2. The zero-order valence-corrected chi connectivity index (χ0v) is 19.8. The average molecular weight is 467 g/mol. The quantitative estimate of drug-likeness (QED) is 0.451. The van der Waals surface area contributed by atoms with Crippen molar-refractivity contribution in [2.24, 2.45) is 0 Å². The standard InChI is InChI=1S/C23H22N4O3S2/c1-13-5-8-16(9-6-13)27-21(29)19-20(25-22(31-4)32-19)26(23(27)30)12-18(28)24-17-10-7-14(2)11-15(17)3/h5-11H,12H2,1-4H3,(H,24,28). The first kappa shape index (κ1) is 22.0. The van der Waals surface area contributed by atoms with Gasteiger partial charge in [0, 0.05) is 5.69 Å². The SMILES string of the molecule is CSc1nc2c(s1)c(=O)n(-c1ccc(C)cc1)c(=O)n2CC(=O)Nc1ccc(C)cc1C. The summed E-state index contributed by atoms with van der Waals surface area (Å²) in [5.74, 6) is -0.367. The monoisotopic (exact) mass is 466 g/mol. The fraction of sp³-hybridized carbons (Fsp3) is 0.217. The highest BCUT2D eigenvalue weighted by molar-refractivity contribution is 8.00. The molecule has 4 rings (SSSR count). The Kier molecular flexibility index (Phi) is 6.03. The van der Waals surface area contributed by atoms with E-state index in [9.17, 15) is 14.4 Å². The van der Waals surface area contributed by atoms with Crippen LogP contribution in [-0.4, -0.2) is 26.3 Å². The van der Waals surface area contributed by atoms with Gasteiger partial charge < -0.3 is 5.32 Å². The summed E-state index contributed by atoms with van der Waals surface area (Å²) in [6, 6.07) is 12.8. The summed E-state index contributed by atoms with van der Waals surface area (Å²) < 4.78 is 3.37. The molecule has 164 valence electrons. The Morgan fingerprint density at radius 2 is 1.75 bits per heavy atom. The second-order valence-electron chi connectivity index (χ2n) is 7.55. The van der Waals surface area contributed by atoms with E-state index in [1.54, 1.807) is 12.1 Å². The molecule has 0 aliphatic carbocycles. The van der Waals surface area contributed by atoms with Crippen molar-refractivity contribution in [2.75, 3.05) is 11.6 Å². The lowest BCUT2D eigenvalue weighted by Gasteiger charge is -2.13. The Labute approximate surface area is 192 Å². The summed E-state index contributed by atoms with van der Waals surface area (Å²) in [7, 11) is 0. The second kappa shape index (κ2) is 8.76. The predicted octanol–water partition coefficient (Wildman–Crippen LogP) is 3.89. The van der Waals surface area contributed by atoms with Gasteiger partial charge >= 0.3 is 5.69 Å². The fourth-order valence-electron chi connectivity index (χ4n) is 3.45. The first-order chi connectivity index (χ1) is 15.3. The van der Waals surface area contributed by atoms with Gasteiger partial charge in [-0.25, -0.2) is 14.3 Å². The average Bonchev–Trinajstić information content (AvgIpc) is 3.19. The lowest BCUT2D eigenvalue weighted by atomic mass is 10.1. The molecule has 1 N–H and O–H groups in total. The number of aryl methyl sites for hydroxylation is 3. The molecule has 32 heavy (non-hydrogen) atoms. The summed E-state index contributed by atoms with van der Waals surface area (Å²) in [6.07, 6.45) is 1.85. The smallest absolute Gasteiger partial charge is 0.324 e. The zero-order chi connectivity index (χ0) is 23.0. The normalized spacial score (nSPS) is 11.1. The topological polar surface area (TPSA) is 86.0 Å². The van der Waals surface area contributed by atoms with Crippen LogP contribution in [0.25, 0.3) is 16.0 Å². The molecular formula is C23H22N4O3S2. The number of aromatic nitrogens is 3. The number of nitrogens with zero attached hydrogens (tertiary/aromatic N) is 3. The minimum Gasteiger partial charge on any atom is -0.324 e. The zero-order valence-electron chi connectivity index (χ0n) is 18.1. The van der Waals surface area contributed by atoms with Gasteiger partial charge in [-0.05, 0) is 50.8 Å². The number of carbonyl (C=O) groups is 1. The first-order valence-electron chi connectivity index (χ1n) is 9.93. The number of amides is 1. The van der Waals surface area contributed by atoms with Crippen LogP contribution in [0.15, 0.2) is 56.4 Å². The lowest BCUT2D eigenvalue weighted by Crippen LogP contribution is -2.40. The molecule has 0 saturated carbocycles. The van der Waals surface area contributed by atoms with Crippen LogP contribution in [0.1, 0.15) is 16.7 Å². The van der Waals surface area contributed by atoms with Gasteiger partial charge in [-0.1, -0.05) is 47.2 Å². The van der Waals surface area contributed by atoms with Crippen molar-refractivity contribution >= 4 is 45.0 Å². The van der Waals surface area contributed by atoms with Crippen LogP contribution in [0.4, 0.5) is 5.69 Å². The number of thioether (sulfide) groups is 1. The fourth-order valence-corrected chi connectivity index (χ4v) is 4.95. The molecule has 0 bridgehead atoms. The minimum atomic E-state index is -0.597. The van der Waals surface area contributed by atoms with Crippen molar-refractivity contribution in [1.82, 2.24) is 14.1 Å². The second-order valence-corrected chi connectivity index (χ2v) is 9.60. The molecule has 4 aromatic rings. The van der Waals surface area contributed by atoms with Gasteiger partial charge in [0.2, 0.25) is 5.91 Å². The van der Waals surface area contributed by atoms with Gasteiger partial charge in [0.25, 0.3) is 5.56 Å². The van der Waals surface area contributed by atoms with E-state index in [2.05, 4.69) is 10.3 Å². The number of hydrogen-bond acceptors (Lipinski definition) is 6. The number of thiazole rings is 1. The summed E-state index contributed by atoms with van der Waals surface area (Å²) in [4.78, 5) is 43.9. The third kappa shape index (κ3) is 4.13. The van der Waals surface area contributed by atoms with E-state index in [-0.39, 0.29) is 18.1 Å². The molecule has 1 amide bonds. The van der Waals surface area contributed by atoms with E-state index in [4.69, 9.17) is 0 Å². The van der Waals surface area contributed by atoms with Crippen molar-refractivity contribution in [2.45, 2.75) is 31.7 Å². The molecular weight excluding hydrogens is 444 g/mol. The highest BCUT2D eigenvalue weighted by Gasteiger charge is 2.20. The van der Waals surface area contributed by atoms with Crippen LogP contribution in [0.2, 0.25) is 0 Å². The lowest BCUT2D eigenvalue weighted by molar-refractivity contribution is -0.116. The maximum atomic E-state index is 13.4. The molecule has 2 aromatic carbocycles. The number of carbonyl (C=O) groups excluding carboxylic acids is 1. The van der Waals surface area contributed by atoms with E-state index in [1.165, 1.54) is 27.7 Å². The van der Waals surface area contributed by atoms with Gasteiger partial charge in [0.05, 0.1) is 5.69 Å². The number of hydrogen-bond donors (Lipinski definition) is 1. The van der Waals surface area contributed by atoms with Crippen molar-refractivity contribution in [3.05, 3.63) is 80.0 Å². The van der Waals surface area contributed by atoms with Crippen LogP contribution in [0.5, 0.6) is 0 Å². The van der Waals surface area contributed by atoms with E-state index in [0.717, 1.165) is 21.3 Å². The summed E-state index contributed by atoms with van der Waals surface area (Å²) in [6.45, 7) is 5.57. The first-order valence-corrected chi connectivity index (χ1v) is 12.0. The van der Waals surface area contributed by atoms with Crippen molar-refractivity contribution in [3.8, 4) is 5.69 Å². The van der Waals surface area contributed by atoms with Crippen LogP contribution < -0.4 is 16.6 Å². The van der Waals surface area contributed by atoms with Gasteiger partial charge in [-0.2, -0.15) is 0 Å². The molecule has 0 saturated heterocycles. The molecule has 0 unspecified atom stereocenters. The molecule has 7 nitrogen and oxygen atoms in total. The number of anilines is 1. The Balaban J connectivity index is 1.83. The molecule has 9 heteroatoms. The number of nitrogens with one attached hydrogen (secondary N) is 1.